The number of hydrogen-bond acceptors (Lipinski definition) is 6. The molecule has 1 aliphatic heterocycles. The summed E-state index contributed by atoms with van der Waals surface area (Å²) < 4.78 is 2.01. The van der Waals surface area contributed by atoms with Gasteiger partial charge in [-0.3, -0.25) is 18.9 Å². The number of benzene rings is 1. The average Bonchev–Trinajstić information content (AvgIpc) is 3.08. The van der Waals surface area contributed by atoms with Gasteiger partial charge < -0.3 is 5.32 Å². The molecule has 33 heavy (non-hydrogen) atoms. The summed E-state index contributed by atoms with van der Waals surface area (Å²) in [6.07, 6.45) is 6.64. The molecular weight excluding hydrogens is 452 g/mol. The fourth-order valence-corrected chi connectivity index (χ4v) is 4.95. The van der Waals surface area contributed by atoms with Crippen molar-refractivity contribution >= 4 is 51.7 Å². The predicted molar refractivity (Wildman–Crippen MR) is 140 cm³/mol. The number of aryl methyl sites for hydroxylation is 2. The number of nitrogens with one attached hydrogen (secondary N) is 1. The minimum Gasteiger partial charge on any atom is -0.366 e. The third kappa shape index (κ3) is 4.91. The van der Waals surface area contributed by atoms with Crippen LogP contribution in [-0.2, 0) is 11.2 Å². The van der Waals surface area contributed by atoms with E-state index in [0.29, 0.717) is 39.3 Å². The van der Waals surface area contributed by atoms with Crippen LogP contribution in [0, 0.1) is 6.92 Å². The van der Waals surface area contributed by atoms with Gasteiger partial charge in [-0.15, -0.1) is 6.58 Å². The highest BCUT2D eigenvalue weighted by molar-refractivity contribution is 8.26. The monoisotopic (exact) mass is 476 g/mol. The number of nitrogens with zero attached hydrogens (tertiary/aromatic N) is 3. The van der Waals surface area contributed by atoms with Crippen molar-refractivity contribution in [1.82, 2.24) is 14.3 Å². The van der Waals surface area contributed by atoms with E-state index in [2.05, 4.69) is 29.0 Å². The molecule has 4 rings (SSSR count). The molecule has 1 saturated heterocycles. The van der Waals surface area contributed by atoms with Crippen LogP contribution in [0.25, 0.3) is 11.7 Å². The molecule has 1 aromatic carbocycles. The predicted octanol–water partition coefficient (Wildman–Crippen LogP) is 4.43. The smallest absolute Gasteiger partial charge is 0.267 e. The van der Waals surface area contributed by atoms with E-state index in [4.69, 9.17) is 12.2 Å². The molecule has 2 aromatic heterocycles. The molecule has 0 radical (unpaired) electrons. The van der Waals surface area contributed by atoms with E-state index in [-0.39, 0.29) is 11.5 Å². The minimum absolute atomic E-state index is 0.179. The summed E-state index contributed by atoms with van der Waals surface area (Å²) in [6, 6.07) is 13.9. The SMILES string of the molecule is C=CCNc1nc2c(C)cccn2c(=O)c1/C=C1\SC(=S)N(CCCc2ccccc2)C1=O. The maximum Gasteiger partial charge on any atom is 0.267 e. The molecule has 0 bridgehead atoms. The Morgan fingerprint density at radius 2 is 1.97 bits per heavy atom. The number of carbonyl (C=O) groups excluding carboxylic acids is 1. The van der Waals surface area contributed by atoms with Crippen LogP contribution in [0.15, 0.2) is 71.0 Å². The normalized spacial score (nSPS) is 14.9. The van der Waals surface area contributed by atoms with Crippen molar-refractivity contribution in [3.8, 4) is 0 Å². The Morgan fingerprint density at radius 3 is 2.73 bits per heavy atom. The maximum atomic E-state index is 13.3. The van der Waals surface area contributed by atoms with Crippen LogP contribution in [0.1, 0.15) is 23.1 Å². The molecule has 0 atom stereocenters. The zero-order valence-corrected chi connectivity index (χ0v) is 19.9. The summed E-state index contributed by atoms with van der Waals surface area (Å²) in [5, 5.41) is 3.13. The molecule has 1 amide bonds. The Balaban J connectivity index is 1.62. The Hall–Kier alpha value is -3.23. The number of thiocarbonyl (C=S) groups is 1. The number of rotatable bonds is 8. The van der Waals surface area contributed by atoms with Gasteiger partial charge >= 0.3 is 0 Å². The van der Waals surface area contributed by atoms with Gasteiger partial charge in [0.05, 0.1) is 10.5 Å². The third-order valence-electron chi connectivity index (χ3n) is 5.34. The zero-order chi connectivity index (χ0) is 23.4. The Labute approximate surface area is 202 Å². The van der Waals surface area contributed by atoms with E-state index < -0.39 is 0 Å². The summed E-state index contributed by atoms with van der Waals surface area (Å²) in [6.45, 7) is 6.60. The van der Waals surface area contributed by atoms with Crippen LogP contribution >= 0.6 is 24.0 Å². The first-order chi connectivity index (χ1) is 16.0. The maximum absolute atomic E-state index is 13.3. The van der Waals surface area contributed by atoms with E-state index in [1.54, 1.807) is 29.3 Å². The topological polar surface area (TPSA) is 66.7 Å². The van der Waals surface area contributed by atoms with E-state index in [9.17, 15) is 9.59 Å². The van der Waals surface area contributed by atoms with E-state index in [1.165, 1.54) is 21.7 Å². The lowest BCUT2D eigenvalue weighted by Gasteiger charge is -2.14. The van der Waals surface area contributed by atoms with Crippen LogP contribution in [0.5, 0.6) is 0 Å². The molecule has 0 aliphatic carbocycles. The Morgan fingerprint density at radius 1 is 1.18 bits per heavy atom. The van der Waals surface area contributed by atoms with Crippen LogP contribution in [-0.4, -0.2) is 37.6 Å². The highest BCUT2D eigenvalue weighted by Gasteiger charge is 2.32. The van der Waals surface area contributed by atoms with Crippen molar-refractivity contribution in [2.75, 3.05) is 18.4 Å². The Kier molecular flexibility index (Phi) is 7.05. The minimum atomic E-state index is -0.246. The van der Waals surface area contributed by atoms with Gasteiger partial charge in [0.1, 0.15) is 15.8 Å². The number of pyridine rings is 1. The second kappa shape index (κ2) is 10.1. The van der Waals surface area contributed by atoms with Gasteiger partial charge in [0.25, 0.3) is 11.5 Å². The van der Waals surface area contributed by atoms with Crippen LogP contribution in [0.3, 0.4) is 0 Å². The zero-order valence-electron chi connectivity index (χ0n) is 18.3. The summed E-state index contributed by atoms with van der Waals surface area (Å²) >= 11 is 6.69. The quantitative estimate of drug-likeness (QED) is 0.295. The molecule has 0 unspecified atom stereocenters. The second-order valence-corrected chi connectivity index (χ2v) is 9.33. The number of thioether (sulfide) groups is 1. The van der Waals surface area contributed by atoms with Gasteiger partial charge in [-0.1, -0.05) is 66.5 Å². The summed E-state index contributed by atoms with van der Waals surface area (Å²) in [5.41, 5.74) is 2.75. The lowest BCUT2D eigenvalue weighted by atomic mass is 10.1. The van der Waals surface area contributed by atoms with Crippen molar-refractivity contribution in [2.45, 2.75) is 19.8 Å². The molecule has 168 valence electrons. The first kappa shape index (κ1) is 22.9. The van der Waals surface area contributed by atoms with Crippen molar-refractivity contribution in [2.24, 2.45) is 0 Å². The molecule has 0 saturated carbocycles. The molecule has 0 spiro atoms. The van der Waals surface area contributed by atoms with Crippen LogP contribution < -0.4 is 10.9 Å². The highest BCUT2D eigenvalue weighted by atomic mass is 32.2. The third-order valence-corrected chi connectivity index (χ3v) is 6.71. The molecule has 1 fully saturated rings. The van der Waals surface area contributed by atoms with E-state index in [0.717, 1.165) is 18.4 Å². The molecular formula is C25H24N4O2S2. The van der Waals surface area contributed by atoms with Crippen molar-refractivity contribution < 1.29 is 4.79 Å². The largest absolute Gasteiger partial charge is 0.366 e. The number of fused-ring (bicyclic) bond motifs is 1. The fraction of sp³-hybridized carbons (Fsp3) is 0.200. The standard InChI is InChI=1S/C25H24N4O2S2/c1-3-13-26-21-19(23(30)28-14-7-9-17(2)22(28)27-21)16-20-24(31)29(25(32)33-20)15-8-12-18-10-5-4-6-11-18/h3-7,9-11,14,16,26H,1,8,12-13,15H2,2H3/b20-16-. The molecule has 1 aliphatic rings. The van der Waals surface area contributed by atoms with Gasteiger partial charge in [-0.05, 0) is 43.0 Å². The first-order valence-corrected chi connectivity index (χ1v) is 11.9. The number of hydrogen-bond donors (Lipinski definition) is 1. The molecule has 6 nitrogen and oxygen atoms in total. The number of carbonyl (C=O) groups is 1. The number of anilines is 1. The summed E-state index contributed by atoms with van der Waals surface area (Å²) in [7, 11) is 0. The van der Waals surface area contributed by atoms with E-state index in [1.807, 2.05) is 31.2 Å². The summed E-state index contributed by atoms with van der Waals surface area (Å²) in [4.78, 5) is 33.1. The Bertz CT molecular complexity index is 1320. The number of amides is 1. The van der Waals surface area contributed by atoms with Crippen molar-refractivity contribution in [3.05, 3.63) is 93.3 Å². The second-order valence-electron chi connectivity index (χ2n) is 7.66. The molecule has 1 N–H and O–H groups in total. The van der Waals surface area contributed by atoms with Gasteiger partial charge in [-0.2, -0.15) is 0 Å². The van der Waals surface area contributed by atoms with Crippen molar-refractivity contribution in [1.29, 1.82) is 0 Å². The highest BCUT2D eigenvalue weighted by Crippen LogP contribution is 2.33. The van der Waals surface area contributed by atoms with Gasteiger partial charge in [-0.25, -0.2) is 4.98 Å². The number of aromatic nitrogens is 2. The average molecular weight is 477 g/mol. The summed E-state index contributed by atoms with van der Waals surface area (Å²) in [5.74, 6) is 0.241. The molecule has 8 heteroatoms. The lowest BCUT2D eigenvalue weighted by Crippen LogP contribution is -2.29. The van der Waals surface area contributed by atoms with Gasteiger partial charge in [0.2, 0.25) is 0 Å². The first-order valence-electron chi connectivity index (χ1n) is 10.7. The van der Waals surface area contributed by atoms with Crippen molar-refractivity contribution in [3.63, 3.8) is 0 Å². The van der Waals surface area contributed by atoms with Gasteiger partial charge in [0.15, 0.2) is 0 Å². The van der Waals surface area contributed by atoms with Crippen LogP contribution in [0.2, 0.25) is 0 Å². The van der Waals surface area contributed by atoms with Crippen LogP contribution in [0.4, 0.5) is 5.82 Å². The van der Waals surface area contributed by atoms with E-state index >= 15 is 0 Å². The molecule has 3 heterocycles. The lowest BCUT2D eigenvalue weighted by molar-refractivity contribution is -0.122. The fourth-order valence-electron chi connectivity index (χ4n) is 3.66. The van der Waals surface area contributed by atoms with Gasteiger partial charge in [0, 0.05) is 19.3 Å². The molecule has 3 aromatic rings.